The predicted octanol–water partition coefficient (Wildman–Crippen LogP) is 2.33. The molecule has 0 amide bonds. The molecule has 1 fully saturated rings. The summed E-state index contributed by atoms with van der Waals surface area (Å²) in [4.78, 5) is 1.35. The van der Waals surface area contributed by atoms with Gasteiger partial charge in [-0.1, -0.05) is 6.92 Å². The van der Waals surface area contributed by atoms with Crippen molar-refractivity contribution in [2.45, 2.75) is 31.2 Å². The van der Waals surface area contributed by atoms with Gasteiger partial charge >= 0.3 is 0 Å². The lowest BCUT2D eigenvalue weighted by Gasteiger charge is -2.22. The fourth-order valence-electron chi connectivity index (χ4n) is 2.17. The summed E-state index contributed by atoms with van der Waals surface area (Å²) in [6.07, 6.45) is 1.83. The van der Waals surface area contributed by atoms with Gasteiger partial charge in [-0.05, 0) is 47.3 Å². The van der Waals surface area contributed by atoms with E-state index in [-0.39, 0.29) is 0 Å². The predicted molar refractivity (Wildman–Crippen MR) is 88.1 cm³/mol. The van der Waals surface area contributed by atoms with Crippen molar-refractivity contribution in [1.29, 1.82) is 0 Å². The fraction of sp³-hybridized carbons (Fsp3) is 0.692. The largest absolute Gasteiger partial charge is 0.381 e. The van der Waals surface area contributed by atoms with E-state index in [1.54, 1.807) is 6.07 Å². The summed E-state index contributed by atoms with van der Waals surface area (Å²) < 4.78 is 33.5. The number of nitrogens with one attached hydrogen (secondary N) is 2. The third-order valence-corrected chi connectivity index (χ3v) is 7.12. The smallest absolute Gasteiger partial charge is 0.242 e. The van der Waals surface area contributed by atoms with Crippen LogP contribution in [0, 0.1) is 5.92 Å². The highest BCUT2D eigenvalue weighted by atomic mass is 79.9. The molecule has 0 aliphatic carbocycles. The summed E-state index contributed by atoms with van der Waals surface area (Å²) in [5.74, 6) is 0.368. The highest BCUT2D eigenvalue weighted by Crippen LogP contribution is 2.31. The standard InChI is InChI=1S/C13H21BrN2O3S2/c1-2-15-9-11-7-12(13(14)20-11)21(17,18)16-8-10-3-5-19-6-4-10/h7,10,15-16H,2-6,8-9H2,1H3. The van der Waals surface area contributed by atoms with Gasteiger partial charge in [-0.25, -0.2) is 13.1 Å². The van der Waals surface area contributed by atoms with Crippen LogP contribution in [0.3, 0.4) is 0 Å². The van der Waals surface area contributed by atoms with Gasteiger partial charge < -0.3 is 10.1 Å². The fourth-order valence-corrected chi connectivity index (χ4v) is 5.94. The molecule has 120 valence electrons. The maximum atomic E-state index is 12.4. The zero-order chi connectivity index (χ0) is 15.3. The van der Waals surface area contributed by atoms with E-state index in [0.717, 1.165) is 37.5 Å². The molecule has 0 spiro atoms. The van der Waals surface area contributed by atoms with Crippen LogP contribution in [0.4, 0.5) is 0 Å². The Balaban J connectivity index is 1.99. The molecule has 2 heterocycles. The first-order chi connectivity index (χ1) is 10.0. The van der Waals surface area contributed by atoms with Gasteiger partial charge in [-0.15, -0.1) is 11.3 Å². The van der Waals surface area contributed by atoms with Crippen LogP contribution < -0.4 is 10.0 Å². The lowest BCUT2D eigenvalue weighted by molar-refractivity contribution is 0.0678. The number of rotatable bonds is 7. The zero-order valence-corrected chi connectivity index (χ0v) is 15.2. The molecule has 1 saturated heterocycles. The van der Waals surface area contributed by atoms with Crippen LogP contribution in [0.25, 0.3) is 0 Å². The molecule has 1 aliphatic heterocycles. The van der Waals surface area contributed by atoms with Crippen molar-refractivity contribution in [2.75, 3.05) is 26.3 Å². The monoisotopic (exact) mass is 396 g/mol. The highest BCUT2D eigenvalue weighted by molar-refractivity contribution is 9.11. The van der Waals surface area contributed by atoms with Crippen LogP contribution in [0.5, 0.6) is 0 Å². The average molecular weight is 397 g/mol. The maximum Gasteiger partial charge on any atom is 0.242 e. The topological polar surface area (TPSA) is 67.4 Å². The lowest BCUT2D eigenvalue weighted by Crippen LogP contribution is -2.32. The quantitative estimate of drug-likeness (QED) is 0.741. The van der Waals surface area contributed by atoms with Crippen molar-refractivity contribution in [2.24, 2.45) is 5.92 Å². The summed E-state index contributed by atoms with van der Waals surface area (Å²) in [6, 6.07) is 1.74. The van der Waals surface area contributed by atoms with Crippen LogP contribution in [0.2, 0.25) is 0 Å². The molecule has 2 N–H and O–H groups in total. The van der Waals surface area contributed by atoms with Gasteiger partial charge in [0.05, 0.1) is 3.79 Å². The Bertz CT molecular complexity index is 554. The summed E-state index contributed by atoms with van der Waals surface area (Å²) in [7, 11) is -3.45. The molecular formula is C13H21BrN2O3S2. The van der Waals surface area contributed by atoms with Crippen LogP contribution >= 0.6 is 27.3 Å². The molecular weight excluding hydrogens is 376 g/mol. The van der Waals surface area contributed by atoms with E-state index < -0.39 is 10.0 Å². The first-order valence-corrected chi connectivity index (χ1v) is 10.2. The van der Waals surface area contributed by atoms with Crippen LogP contribution in [-0.2, 0) is 21.3 Å². The van der Waals surface area contributed by atoms with E-state index in [0.29, 0.717) is 27.7 Å². The van der Waals surface area contributed by atoms with Crippen LogP contribution in [0.15, 0.2) is 14.7 Å². The number of thiophene rings is 1. The number of sulfonamides is 1. The highest BCUT2D eigenvalue weighted by Gasteiger charge is 2.23. The second-order valence-electron chi connectivity index (χ2n) is 5.04. The van der Waals surface area contributed by atoms with Gasteiger partial charge in [0.25, 0.3) is 0 Å². The van der Waals surface area contributed by atoms with E-state index >= 15 is 0 Å². The Labute approximate surface area is 138 Å². The molecule has 0 radical (unpaired) electrons. The Morgan fingerprint density at radius 1 is 1.43 bits per heavy atom. The zero-order valence-electron chi connectivity index (χ0n) is 12.0. The first kappa shape index (κ1) is 17.4. The summed E-state index contributed by atoms with van der Waals surface area (Å²) in [5, 5.41) is 3.20. The minimum absolute atomic E-state index is 0.340. The van der Waals surface area contributed by atoms with Crippen molar-refractivity contribution >= 4 is 37.3 Å². The molecule has 1 aliphatic rings. The summed E-state index contributed by atoms with van der Waals surface area (Å²) >= 11 is 4.82. The van der Waals surface area contributed by atoms with Gasteiger partial charge in [0, 0.05) is 31.2 Å². The molecule has 0 saturated carbocycles. The second-order valence-corrected chi connectivity index (χ2v) is 9.23. The van der Waals surface area contributed by atoms with E-state index in [1.807, 2.05) is 6.92 Å². The second kappa shape index (κ2) is 8.03. The number of halogens is 1. The van der Waals surface area contributed by atoms with Crippen LogP contribution in [-0.4, -0.2) is 34.7 Å². The molecule has 21 heavy (non-hydrogen) atoms. The van der Waals surface area contributed by atoms with Crippen LogP contribution in [0.1, 0.15) is 24.6 Å². The van der Waals surface area contributed by atoms with Crippen molar-refractivity contribution in [3.8, 4) is 0 Å². The Kier molecular flexibility index (Phi) is 6.64. The number of hydrogen-bond donors (Lipinski definition) is 2. The molecule has 0 atom stereocenters. The minimum Gasteiger partial charge on any atom is -0.381 e. The Morgan fingerprint density at radius 3 is 2.81 bits per heavy atom. The molecule has 0 aromatic carbocycles. The third kappa shape index (κ3) is 5.01. The van der Waals surface area contributed by atoms with Crippen molar-refractivity contribution in [3.63, 3.8) is 0 Å². The normalized spacial score (nSPS) is 17.2. The van der Waals surface area contributed by atoms with Gasteiger partial charge in [0.2, 0.25) is 10.0 Å². The molecule has 0 bridgehead atoms. The van der Waals surface area contributed by atoms with E-state index in [2.05, 4.69) is 26.0 Å². The average Bonchev–Trinajstić information content (AvgIpc) is 2.86. The number of ether oxygens (including phenoxy) is 1. The van der Waals surface area contributed by atoms with Crippen molar-refractivity contribution in [3.05, 3.63) is 14.7 Å². The van der Waals surface area contributed by atoms with Crippen molar-refractivity contribution < 1.29 is 13.2 Å². The van der Waals surface area contributed by atoms with Gasteiger partial charge in [-0.3, -0.25) is 0 Å². The van der Waals surface area contributed by atoms with Gasteiger partial charge in [0.1, 0.15) is 4.90 Å². The molecule has 1 aromatic heterocycles. The Hall–Kier alpha value is 0.01000. The Morgan fingerprint density at radius 2 is 2.14 bits per heavy atom. The molecule has 5 nitrogen and oxygen atoms in total. The molecule has 1 aromatic rings. The van der Waals surface area contributed by atoms with E-state index in [9.17, 15) is 8.42 Å². The SMILES string of the molecule is CCNCc1cc(S(=O)(=O)NCC2CCOCC2)c(Br)s1. The summed E-state index contributed by atoms with van der Waals surface area (Å²) in [5.41, 5.74) is 0. The molecule has 2 rings (SSSR count). The van der Waals surface area contributed by atoms with E-state index in [1.165, 1.54) is 11.3 Å². The molecule has 8 heteroatoms. The third-order valence-electron chi connectivity index (χ3n) is 3.45. The first-order valence-electron chi connectivity index (χ1n) is 7.09. The minimum atomic E-state index is -3.45. The van der Waals surface area contributed by atoms with E-state index in [4.69, 9.17) is 4.74 Å². The maximum absolute atomic E-state index is 12.4. The summed E-state index contributed by atoms with van der Waals surface area (Å²) in [6.45, 7) is 5.50. The van der Waals surface area contributed by atoms with Crippen molar-refractivity contribution in [1.82, 2.24) is 10.0 Å². The van der Waals surface area contributed by atoms with Gasteiger partial charge in [-0.2, -0.15) is 0 Å². The molecule has 0 unspecified atom stereocenters. The van der Waals surface area contributed by atoms with Gasteiger partial charge in [0.15, 0.2) is 0 Å². The lowest BCUT2D eigenvalue weighted by atomic mass is 10.0. The number of hydrogen-bond acceptors (Lipinski definition) is 5.